The molecule has 0 aliphatic heterocycles. The van der Waals surface area contributed by atoms with E-state index in [-0.39, 0.29) is 17.6 Å². The smallest absolute Gasteiger partial charge is 0.307 e. The molecule has 0 heterocycles. The molecule has 0 saturated heterocycles. The van der Waals surface area contributed by atoms with Gasteiger partial charge < -0.3 is 10.4 Å². The van der Waals surface area contributed by atoms with Crippen molar-refractivity contribution in [3.8, 4) is 0 Å². The Morgan fingerprint density at radius 1 is 1.38 bits per heavy atom. The van der Waals surface area contributed by atoms with Gasteiger partial charge in [0.05, 0.1) is 17.5 Å². The summed E-state index contributed by atoms with van der Waals surface area (Å²) >= 11 is 1.94. The van der Waals surface area contributed by atoms with Crippen LogP contribution < -0.4 is 5.32 Å². The molecule has 1 saturated carbocycles. The maximum atomic E-state index is 13.1. The molecule has 3 atom stereocenters. The number of carbonyl (C=O) groups excluding carboxylic acids is 1. The van der Waals surface area contributed by atoms with Gasteiger partial charge in [-0.05, 0) is 59.5 Å². The van der Waals surface area contributed by atoms with Crippen LogP contribution in [0.15, 0.2) is 18.2 Å². The lowest BCUT2D eigenvalue weighted by molar-refractivity contribution is -0.145. The molecular formula is C15H17FINO3. The second-order valence-corrected chi connectivity index (χ2v) is 6.57. The van der Waals surface area contributed by atoms with Gasteiger partial charge in [0.2, 0.25) is 5.91 Å². The third-order valence-electron chi connectivity index (χ3n) is 4.08. The number of anilines is 1. The lowest BCUT2D eigenvalue weighted by atomic mass is 9.95. The molecular weight excluding hydrogens is 388 g/mol. The van der Waals surface area contributed by atoms with Crippen molar-refractivity contribution in [3.05, 3.63) is 27.6 Å². The maximum Gasteiger partial charge on any atom is 0.307 e. The monoisotopic (exact) mass is 405 g/mol. The number of nitrogens with one attached hydrogen (secondary N) is 1. The van der Waals surface area contributed by atoms with Crippen molar-refractivity contribution in [2.45, 2.75) is 26.2 Å². The Hall–Kier alpha value is -1.18. The van der Waals surface area contributed by atoms with Crippen LogP contribution in [0.4, 0.5) is 10.1 Å². The number of amides is 1. The van der Waals surface area contributed by atoms with Gasteiger partial charge in [-0.1, -0.05) is 13.3 Å². The van der Waals surface area contributed by atoms with E-state index >= 15 is 0 Å². The number of carboxylic acid groups (broad SMARTS) is 1. The van der Waals surface area contributed by atoms with Crippen LogP contribution in [0.2, 0.25) is 0 Å². The highest BCUT2D eigenvalue weighted by molar-refractivity contribution is 14.1. The molecule has 21 heavy (non-hydrogen) atoms. The summed E-state index contributed by atoms with van der Waals surface area (Å²) in [7, 11) is 0. The largest absolute Gasteiger partial charge is 0.481 e. The molecule has 2 N–H and O–H groups in total. The van der Waals surface area contributed by atoms with E-state index in [2.05, 4.69) is 5.32 Å². The fourth-order valence-electron chi connectivity index (χ4n) is 2.86. The molecule has 0 radical (unpaired) electrons. The van der Waals surface area contributed by atoms with E-state index in [0.717, 1.165) is 6.42 Å². The van der Waals surface area contributed by atoms with Gasteiger partial charge in [0.1, 0.15) is 5.82 Å². The number of rotatable bonds is 4. The van der Waals surface area contributed by atoms with Gasteiger partial charge in [-0.15, -0.1) is 0 Å². The van der Waals surface area contributed by atoms with Crippen LogP contribution in [-0.4, -0.2) is 17.0 Å². The number of hydrogen-bond acceptors (Lipinski definition) is 2. The molecule has 1 amide bonds. The molecule has 1 aliphatic carbocycles. The molecule has 114 valence electrons. The highest BCUT2D eigenvalue weighted by Crippen LogP contribution is 2.39. The van der Waals surface area contributed by atoms with E-state index in [0.29, 0.717) is 22.1 Å². The maximum absolute atomic E-state index is 13.1. The minimum absolute atomic E-state index is 0.272. The molecule has 0 bridgehead atoms. The summed E-state index contributed by atoms with van der Waals surface area (Å²) in [6, 6.07) is 4.10. The Balaban J connectivity index is 2.13. The zero-order valence-electron chi connectivity index (χ0n) is 11.6. The number of benzene rings is 1. The standard InChI is InChI=1S/C15H17FINO3/c1-2-8-5-10(11(6-8)15(20)21)14(19)18-13-4-3-9(16)7-12(13)17/h3-4,7-8,10-11H,2,5-6H2,1H3,(H,18,19)(H,20,21). The molecule has 2 rings (SSSR count). The molecule has 1 aromatic rings. The van der Waals surface area contributed by atoms with Crippen molar-refractivity contribution in [3.63, 3.8) is 0 Å². The normalized spacial score (nSPS) is 24.8. The van der Waals surface area contributed by atoms with Crippen molar-refractivity contribution in [2.75, 3.05) is 5.32 Å². The number of hydrogen-bond donors (Lipinski definition) is 2. The minimum atomic E-state index is -0.917. The van der Waals surface area contributed by atoms with E-state index in [1.165, 1.54) is 18.2 Å². The summed E-state index contributed by atoms with van der Waals surface area (Å²) in [5, 5.41) is 12.0. The third-order valence-corrected chi connectivity index (χ3v) is 4.97. The average Bonchev–Trinajstić information content (AvgIpc) is 2.86. The molecule has 4 nitrogen and oxygen atoms in total. The quantitative estimate of drug-likeness (QED) is 0.754. The van der Waals surface area contributed by atoms with Crippen LogP contribution in [0.25, 0.3) is 0 Å². The number of halogens is 2. The van der Waals surface area contributed by atoms with Crippen molar-refractivity contribution >= 4 is 40.2 Å². The second kappa shape index (κ2) is 6.72. The summed E-state index contributed by atoms with van der Waals surface area (Å²) in [5.74, 6) is -2.45. The molecule has 1 aromatic carbocycles. The number of carbonyl (C=O) groups is 2. The van der Waals surface area contributed by atoms with Gasteiger partial charge in [0.25, 0.3) is 0 Å². The third kappa shape index (κ3) is 3.72. The average molecular weight is 405 g/mol. The SMILES string of the molecule is CCC1CC(C(=O)O)C(C(=O)Nc2ccc(F)cc2I)C1. The molecule has 0 spiro atoms. The highest BCUT2D eigenvalue weighted by Gasteiger charge is 2.42. The highest BCUT2D eigenvalue weighted by atomic mass is 127. The van der Waals surface area contributed by atoms with Crippen molar-refractivity contribution in [1.82, 2.24) is 0 Å². The van der Waals surface area contributed by atoms with Gasteiger partial charge in [0, 0.05) is 3.57 Å². The molecule has 3 unspecified atom stereocenters. The minimum Gasteiger partial charge on any atom is -0.481 e. The van der Waals surface area contributed by atoms with Crippen LogP contribution in [0.5, 0.6) is 0 Å². The van der Waals surface area contributed by atoms with Crippen LogP contribution in [0, 0.1) is 27.1 Å². The van der Waals surface area contributed by atoms with Crippen molar-refractivity contribution in [1.29, 1.82) is 0 Å². The Bertz CT molecular complexity index is 564. The predicted octanol–water partition coefficient (Wildman–Crippen LogP) is 3.51. The summed E-state index contributed by atoms with van der Waals surface area (Å²) in [4.78, 5) is 23.7. The van der Waals surface area contributed by atoms with E-state index in [1.807, 2.05) is 29.5 Å². The van der Waals surface area contributed by atoms with Gasteiger partial charge >= 0.3 is 5.97 Å². The van der Waals surface area contributed by atoms with Gasteiger partial charge in [-0.3, -0.25) is 9.59 Å². The second-order valence-electron chi connectivity index (χ2n) is 5.41. The Labute approximate surface area is 136 Å². The first kappa shape index (κ1) is 16.2. The van der Waals surface area contributed by atoms with E-state index in [1.54, 1.807) is 0 Å². The summed E-state index contributed by atoms with van der Waals surface area (Å²) in [6.07, 6.45) is 2.02. The van der Waals surface area contributed by atoms with E-state index < -0.39 is 17.8 Å². The Kier molecular flexibility index (Phi) is 5.18. The summed E-state index contributed by atoms with van der Waals surface area (Å²) in [5.41, 5.74) is 0.520. The topological polar surface area (TPSA) is 66.4 Å². The fourth-order valence-corrected chi connectivity index (χ4v) is 3.47. The Morgan fingerprint density at radius 3 is 2.62 bits per heavy atom. The predicted molar refractivity (Wildman–Crippen MR) is 85.4 cm³/mol. The molecule has 1 aliphatic rings. The van der Waals surface area contributed by atoms with Gasteiger partial charge in [-0.25, -0.2) is 4.39 Å². The van der Waals surface area contributed by atoms with E-state index in [9.17, 15) is 19.1 Å². The lowest BCUT2D eigenvalue weighted by Crippen LogP contribution is -2.30. The molecule has 1 fully saturated rings. The van der Waals surface area contributed by atoms with E-state index in [4.69, 9.17) is 0 Å². The fraction of sp³-hybridized carbons (Fsp3) is 0.467. The lowest BCUT2D eigenvalue weighted by Gasteiger charge is -2.16. The summed E-state index contributed by atoms with van der Waals surface area (Å²) in [6.45, 7) is 2.01. The zero-order chi connectivity index (χ0) is 15.6. The Morgan fingerprint density at radius 2 is 2.05 bits per heavy atom. The van der Waals surface area contributed by atoms with Crippen LogP contribution >= 0.6 is 22.6 Å². The van der Waals surface area contributed by atoms with Crippen LogP contribution in [0.1, 0.15) is 26.2 Å². The number of carboxylic acids is 1. The first-order chi connectivity index (χ1) is 9.92. The van der Waals surface area contributed by atoms with Gasteiger partial charge in [0.15, 0.2) is 0 Å². The summed E-state index contributed by atoms with van der Waals surface area (Å²) < 4.78 is 13.7. The molecule has 6 heteroatoms. The van der Waals surface area contributed by atoms with Crippen LogP contribution in [-0.2, 0) is 9.59 Å². The van der Waals surface area contributed by atoms with Crippen molar-refractivity contribution in [2.24, 2.45) is 17.8 Å². The van der Waals surface area contributed by atoms with Crippen LogP contribution in [0.3, 0.4) is 0 Å². The van der Waals surface area contributed by atoms with Crippen molar-refractivity contribution < 1.29 is 19.1 Å². The first-order valence-corrected chi connectivity index (χ1v) is 7.99. The zero-order valence-corrected chi connectivity index (χ0v) is 13.8. The van der Waals surface area contributed by atoms with Gasteiger partial charge in [-0.2, -0.15) is 0 Å². The number of aliphatic carboxylic acids is 1. The molecule has 0 aromatic heterocycles. The first-order valence-electron chi connectivity index (χ1n) is 6.91.